The van der Waals surface area contributed by atoms with E-state index in [-0.39, 0.29) is 5.54 Å². The van der Waals surface area contributed by atoms with Crippen molar-refractivity contribution in [2.45, 2.75) is 51.0 Å². The monoisotopic (exact) mass is 445 g/mol. The summed E-state index contributed by atoms with van der Waals surface area (Å²) in [6, 6.07) is 22.3. The Morgan fingerprint density at radius 2 is 1.53 bits per heavy atom. The van der Waals surface area contributed by atoms with E-state index in [0.29, 0.717) is 0 Å². The lowest BCUT2D eigenvalue weighted by Gasteiger charge is -2.59. The Hall–Kier alpha value is -3.07. The van der Waals surface area contributed by atoms with Crippen LogP contribution in [0.3, 0.4) is 0 Å². The molecule has 3 aromatic carbocycles. The Morgan fingerprint density at radius 1 is 0.824 bits per heavy atom. The summed E-state index contributed by atoms with van der Waals surface area (Å²) in [5, 5.41) is 13.2. The molecule has 0 spiro atoms. The molecule has 6 aliphatic rings. The van der Waals surface area contributed by atoms with E-state index in [1.807, 2.05) is 0 Å². The Labute approximate surface area is 201 Å². The molecular weight excluding hydrogens is 414 g/mol. The van der Waals surface area contributed by atoms with Crippen LogP contribution in [0.5, 0.6) is 0 Å². The highest BCUT2D eigenvalue weighted by atomic mass is 15.6. The van der Waals surface area contributed by atoms with Gasteiger partial charge in [-0.2, -0.15) is 5.10 Å². The second kappa shape index (κ2) is 6.75. The van der Waals surface area contributed by atoms with Gasteiger partial charge in [-0.1, -0.05) is 60.7 Å². The lowest BCUT2D eigenvalue weighted by atomic mass is 9.53. The minimum atomic E-state index is 0.276. The molecule has 2 heterocycles. The second-order valence-electron chi connectivity index (χ2n) is 11.6. The summed E-state index contributed by atoms with van der Waals surface area (Å²) in [6.45, 7) is 3.14. The van der Waals surface area contributed by atoms with Crippen LogP contribution in [0.2, 0.25) is 0 Å². The van der Waals surface area contributed by atoms with E-state index >= 15 is 0 Å². The van der Waals surface area contributed by atoms with Crippen LogP contribution in [0.25, 0.3) is 22.5 Å². The van der Waals surface area contributed by atoms with E-state index in [0.717, 1.165) is 30.3 Å². The first-order valence-electron chi connectivity index (χ1n) is 13.1. The number of hydrogen-bond acceptors (Lipinski definition) is 3. The van der Waals surface area contributed by atoms with Gasteiger partial charge in [0.2, 0.25) is 0 Å². The van der Waals surface area contributed by atoms with Gasteiger partial charge in [-0.3, -0.25) is 5.01 Å². The molecule has 0 saturated heterocycles. The average molecular weight is 446 g/mol. The van der Waals surface area contributed by atoms with Gasteiger partial charge in [0.05, 0.1) is 11.2 Å². The number of hydrazone groups is 1. The number of fused-ring (bicyclic) bond motifs is 3. The van der Waals surface area contributed by atoms with Crippen molar-refractivity contribution in [1.29, 1.82) is 0 Å². The summed E-state index contributed by atoms with van der Waals surface area (Å²) < 4.78 is 0. The summed E-state index contributed by atoms with van der Waals surface area (Å²) in [5.74, 6) is 3.90. The molecule has 3 aromatic rings. The van der Waals surface area contributed by atoms with Crippen molar-refractivity contribution in [3.63, 3.8) is 0 Å². The molecule has 2 aliphatic heterocycles. The largest absolute Gasteiger partial charge is 0.304 e. The topological polar surface area (TPSA) is 18.8 Å². The molecule has 4 saturated carbocycles. The summed E-state index contributed by atoms with van der Waals surface area (Å²) in [4.78, 5) is 2.52. The zero-order valence-corrected chi connectivity index (χ0v) is 19.9. The van der Waals surface area contributed by atoms with Gasteiger partial charge < -0.3 is 4.90 Å². The standard InChI is InChI=1S/C31H31N3/c1-20-10-11-24-6-2-4-8-26(24)29(20)30-27-9-5-3-7-25(27)15-28-32-34(19-33(28)30)31-16-21-12-22(17-31)14-23(13-21)18-31/h2-11,15,21-23H,12-14,16-19H2,1H3. The minimum absolute atomic E-state index is 0.276. The lowest BCUT2D eigenvalue weighted by molar-refractivity contribution is -0.0896. The first-order chi connectivity index (χ1) is 16.7. The van der Waals surface area contributed by atoms with E-state index in [1.165, 1.54) is 76.6 Å². The van der Waals surface area contributed by atoms with Crippen LogP contribution in [0.15, 0.2) is 65.8 Å². The number of nitrogens with zero attached hydrogens (tertiary/aromatic N) is 3. The molecule has 0 radical (unpaired) electrons. The molecule has 0 atom stereocenters. The Kier molecular flexibility index (Phi) is 3.82. The first kappa shape index (κ1) is 19.3. The maximum Gasteiger partial charge on any atom is 0.155 e. The molecule has 4 aliphatic carbocycles. The van der Waals surface area contributed by atoms with Gasteiger partial charge in [-0.25, -0.2) is 0 Å². The fraction of sp³-hybridized carbons (Fsp3) is 0.387. The molecule has 4 bridgehead atoms. The van der Waals surface area contributed by atoms with Crippen molar-refractivity contribution < 1.29 is 0 Å². The number of benzene rings is 3. The predicted molar refractivity (Wildman–Crippen MR) is 138 cm³/mol. The third-order valence-corrected chi connectivity index (χ3v) is 9.47. The van der Waals surface area contributed by atoms with E-state index in [1.54, 1.807) is 0 Å². The molecule has 0 amide bonds. The smallest absolute Gasteiger partial charge is 0.155 e. The summed E-state index contributed by atoms with van der Waals surface area (Å²) in [6.07, 6.45) is 10.8. The molecule has 0 N–H and O–H groups in total. The second-order valence-corrected chi connectivity index (χ2v) is 11.6. The number of aryl methyl sites for hydroxylation is 1. The van der Waals surface area contributed by atoms with Crippen LogP contribution < -0.4 is 10.4 Å². The molecule has 0 unspecified atom stereocenters. The number of rotatable bonds is 2. The summed E-state index contributed by atoms with van der Waals surface area (Å²) in [5.41, 5.74) is 4.30. The van der Waals surface area contributed by atoms with Crippen molar-refractivity contribution >= 4 is 28.4 Å². The van der Waals surface area contributed by atoms with E-state index in [9.17, 15) is 0 Å². The van der Waals surface area contributed by atoms with Gasteiger partial charge in [0.15, 0.2) is 5.84 Å². The third kappa shape index (κ3) is 2.61. The van der Waals surface area contributed by atoms with Crippen LogP contribution in [0, 0.1) is 24.7 Å². The highest BCUT2D eigenvalue weighted by Crippen LogP contribution is 2.58. The van der Waals surface area contributed by atoms with Crippen molar-refractivity contribution in [1.82, 2.24) is 9.91 Å². The Morgan fingerprint density at radius 3 is 2.32 bits per heavy atom. The zero-order chi connectivity index (χ0) is 22.4. The highest BCUT2D eigenvalue weighted by molar-refractivity contribution is 6.15. The first-order valence-corrected chi connectivity index (χ1v) is 13.1. The van der Waals surface area contributed by atoms with Gasteiger partial charge in [0, 0.05) is 10.8 Å². The SMILES string of the molecule is Cc1ccc2ccccc2c1C1=c2ccccc2=CC2=NN(C34CC5CC(CC(C5)C3)C4)CN21. The van der Waals surface area contributed by atoms with Gasteiger partial charge in [0.1, 0.15) is 6.67 Å². The molecule has 4 fully saturated rings. The molecule has 0 aromatic heterocycles. The van der Waals surface area contributed by atoms with Crippen LogP contribution in [-0.2, 0) is 0 Å². The van der Waals surface area contributed by atoms with Crippen LogP contribution in [0.4, 0.5) is 0 Å². The van der Waals surface area contributed by atoms with Crippen LogP contribution in [-0.4, -0.2) is 28.0 Å². The van der Waals surface area contributed by atoms with Gasteiger partial charge in [-0.15, -0.1) is 0 Å². The summed E-state index contributed by atoms with van der Waals surface area (Å²) >= 11 is 0. The van der Waals surface area contributed by atoms with Crippen molar-refractivity contribution in [2.24, 2.45) is 22.9 Å². The molecule has 3 heteroatoms. The lowest BCUT2D eigenvalue weighted by Crippen LogP contribution is -2.58. The van der Waals surface area contributed by atoms with Gasteiger partial charge in [-0.05, 0) is 90.8 Å². The van der Waals surface area contributed by atoms with Crippen molar-refractivity contribution in [2.75, 3.05) is 6.67 Å². The highest BCUT2D eigenvalue weighted by Gasteiger charge is 2.55. The third-order valence-electron chi connectivity index (χ3n) is 9.47. The fourth-order valence-electron chi connectivity index (χ4n) is 8.43. The van der Waals surface area contributed by atoms with Gasteiger partial charge >= 0.3 is 0 Å². The van der Waals surface area contributed by atoms with Crippen molar-refractivity contribution in [3.8, 4) is 0 Å². The predicted octanol–water partition coefficient (Wildman–Crippen LogP) is 4.96. The van der Waals surface area contributed by atoms with Crippen molar-refractivity contribution in [3.05, 3.63) is 82.2 Å². The van der Waals surface area contributed by atoms with Crippen LogP contribution >= 0.6 is 0 Å². The maximum atomic E-state index is 5.38. The number of amidine groups is 1. The summed E-state index contributed by atoms with van der Waals surface area (Å²) in [7, 11) is 0. The van der Waals surface area contributed by atoms with E-state index in [2.05, 4.69) is 83.6 Å². The maximum absolute atomic E-state index is 5.38. The minimum Gasteiger partial charge on any atom is -0.304 e. The number of hydrogen-bond donors (Lipinski definition) is 0. The average Bonchev–Trinajstić information content (AvgIpc) is 3.27. The Bertz CT molecular complexity index is 1460. The van der Waals surface area contributed by atoms with E-state index < -0.39 is 0 Å². The fourth-order valence-corrected chi connectivity index (χ4v) is 8.43. The van der Waals surface area contributed by atoms with Gasteiger partial charge in [0.25, 0.3) is 0 Å². The Balaban J connectivity index is 1.32. The molecule has 9 rings (SSSR count). The molecule has 170 valence electrons. The van der Waals surface area contributed by atoms with E-state index in [4.69, 9.17) is 5.10 Å². The normalized spacial score (nSPS) is 30.9. The van der Waals surface area contributed by atoms with Crippen LogP contribution in [0.1, 0.15) is 49.7 Å². The molecule has 3 nitrogen and oxygen atoms in total. The zero-order valence-electron chi connectivity index (χ0n) is 19.9. The quantitative estimate of drug-likeness (QED) is 0.555. The molecular formula is C31H31N3. The molecule has 34 heavy (non-hydrogen) atoms.